The van der Waals surface area contributed by atoms with Gasteiger partial charge in [-0.15, -0.1) is 0 Å². The summed E-state index contributed by atoms with van der Waals surface area (Å²) in [6.07, 6.45) is 0. The van der Waals surface area contributed by atoms with Gasteiger partial charge in [-0.2, -0.15) is 0 Å². The van der Waals surface area contributed by atoms with Gasteiger partial charge in [-0.05, 0) is 302 Å². The molecule has 122 heavy (non-hydrogen) atoms. The Labute approximate surface area is 711 Å². The lowest BCUT2D eigenvalue weighted by Gasteiger charge is -2.19. The van der Waals surface area contributed by atoms with Gasteiger partial charge in [-0.3, -0.25) is 0 Å². The predicted octanol–water partition coefficient (Wildman–Crippen LogP) is 35.2. The van der Waals surface area contributed by atoms with Crippen LogP contribution in [0.4, 0.5) is 0 Å². The first kappa shape index (κ1) is 73.5. The zero-order valence-electron chi connectivity index (χ0n) is 69.4. The second-order valence-corrected chi connectivity index (χ2v) is 34.0. The molecule has 0 heteroatoms. The van der Waals surface area contributed by atoms with Crippen LogP contribution in [0.2, 0.25) is 0 Å². The topological polar surface area (TPSA) is 0 Å². The zero-order chi connectivity index (χ0) is 81.8. The van der Waals surface area contributed by atoms with Crippen molar-refractivity contribution in [3.63, 3.8) is 0 Å². The SMILES string of the molecule is CC(C)c1ccc(-c2cc3c4ccccc4c4cc(-c5ccc(C(C)C)cc5)c5ccccc5c4c3c3ccccc23)cc1.Cc1ccc(-c2cc3c4ccccc4c4cc(-c5ccc(C)cc5)c5ccccc5c4c3c3ccccc23)cc1.c1ccc(-c2cc3c4ccccc4c4cc(-c5ccccc5)c5ccccc5c4c3c3ccccc23)cc1. The smallest absolute Gasteiger partial charge is 0.00137 e. The molecule has 0 aromatic heterocycles. The van der Waals surface area contributed by atoms with Crippen LogP contribution in [0.1, 0.15) is 61.8 Å². The van der Waals surface area contributed by atoms with E-state index in [2.05, 4.69) is 454 Å². The molecule has 0 amide bonds. The first-order valence-corrected chi connectivity index (χ1v) is 43.2. The highest BCUT2D eigenvalue weighted by Gasteiger charge is 2.24. The summed E-state index contributed by atoms with van der Waals surface area (Å²) < 4.78 is 0. The van der Waals surface area contributed by atoms with Gasteiger partial charge in [0.1, 0.15) is 0 Å². The van der Waals surface area contributed by atoms with Crippen LogP contribution >= 0.6 is 0 Å². The molecule has 0 unspecified atom stereocenters. The van der Waals surface area contributed by atoms with Gasteiger partial charge in [0, 0.05) is 0 Å². The summed E-state index contributed by atoms with van der Waals surface area (Å²) in [5.41, 5.74) is 20.6. The molecule has 0 bridgehead atoms. The zero-order valence-corrected chi connectivity index (χ0v) is 69.4. The van der Waals surface area contributed by atoms with Crippen LogP contribution < -0.4 is 0 Å². The summed E-state index contributed by atoms with van der Waals surface area (Å²) in [5.74, 6) is 1.03. The van der Waals surface area contributed by atoms with Crippen LogP contribution in [-0.4, -0.2) is 0 Å². The van der Waals surface area contributed by atoms with Crippen molar-refractivity contribution in [2.75, 3.05) is 0 Å². The Morgan fingerprint density at radius 2 is 0.279 bits per heavy atom. The second kappa shape index (κ2) is 30.2. The molecule has 0 saturated heterocycles. The summed E-state index contributed by atoms with van der Waals surface area (Å²) in [6, 6.07) is 153. The Bertz CT molecular complexity index is 7830. The highest BCUT2D eigenvalue weighted by molar-refractivity contribution is 6.42. The van der Waals surface area contributed by atoms with E-state index in [1.165, 1.54) is 251 Å². The molecule has 0 N–H and O–H groups in total. The lowest BCUT2D eigenvalue weighted by Crippen LogP contribution is -1.92. The average Bonchev–Trinajstić information content (AvgIpc) is 0.713. The van der Waals surface area contributed by atoms with Crippen LogP contribution in [0.3, 0.4) is 0 Å². The quantitative estimate of drug-likeness (QED) is 0.133. The lowest BCUT2D eigenvalue weighted by molar-refractivity contribution is 0.867. The molecule has 0 saturated carbocycles. The molecule has 0 fully saturated rings. The van der Waals surface area contributed by atoms with E-state index in [0.717, 1.165) is 0 Å². The largest absolute Gasteiger partial charge is 0.0622 e. The van der Waals surface area contributed by atoms with Gasteiger partial charge in [0.05, 0.1) is 0 Å². The number of rotatable bonds is 8. The first-order chi connectivity index (χ1) is 60.0. The molecule has 0 spiro atoms. The lowest BCUT2D eigenvalue weighted by atomic mass is 9.84. The summed E-state index contributed by atoms with van der Waals surface area (Å²) in [4.78, 5) is 0. The molecular formula is C122H88. The highest BCUT2D eigenvalue weighted by Crippen LogP contribution is 2.52. The second-order valence-electron chi connectivity index (χ2n) is 34.0. The number of hydrogen-bond acceptors (Lipinski definition) is 0. The molecular weight excluding hydrogens is 1470 g/mol. The van der Waals surface area contributed by atoms with Crippen LogP contribution in [0, 0.1) is 13.8 Å². The average molecular weight is 1550 g/mol. The molecule has 0 heterocycles. The van der Waals surface area contributed by atoms with Crippen molar-refractivity contribution < 1.29 is 0 Å². The van der Waals surface area contributed by atoms with Gasteiger partial charge < -0.3 is 0 Å². The number of fused-ring (bicyclic) bond motifs is 30. The molecule has 0 radical (unpaired) electrons. The van der Waals surface area contributed by atoms with E-state index < -0.39 is 0 Å². The van der Waals surface area contributed by atoms with E-state index in [4.69, 9.17) is 0 Å². The van der Waals surface area contributed by atoms with Gasteiger partial charge >= 0.3 is 0 Å². The molecule has 24 rings (SSSR count). The van der Waals surface area contributed by atoms with E-state index in [1.54, 1.807) is 0 Å². The summed E-state index contributed by atoms with van der Waals surface area (Å²) in [7, 11) is 0. The van der Waals surface area contributed by atoms with E-state index in [0.29, 0.717) is 11.8 Å². The van der Waals surface area contributed by atoms with Crippen LogP contribution in [-0.2, 0) is 0 Å². The van der Waals surface area contributed by atoms with E-state index >= 15 is 0 Å². The van der Waals surface area contributed by atoms with Crippen molar-refractivity contribution in [2.24, 2.45) is 0 Å². The fourth-order valence-electron chi connectivity index (χ4n) is 20.2. The van der Waals surface area contributed by atoms with Crippen molar-refractivity contribution in [3.05, 3.63) is 435 Å². The molecule has 24 aromatic rings. The van der Waals surface area contributed by atoms with Crippen molar-refractivity contribution in [1.82, 2.24) is 0 Å². The minimum Gasteiger partial charge on any atom is -0.0622 e. The summed E-state index contributed by atoms with van der Waals surface area (Å²) in [5, 5.41) is 39.3. The normalized spacial score (nSPS) is 11.8. The maximum absolute atomic E-state index is 2.46. The minimum atomic E-state index is 0.513. The van der Waals surface area contributed by atoms with E-state index in [9.17, 15) is 0 Å². The van der Waals surface area contributed by atoms with Gasteiger partial charge in [0.2, 0.25) is 0 Å². The van der Waals surface area contributed by atoms with Crippen molar-refractivity contribution in [2.45, 2.75) is 53.4 Å². The highest BCUT2D eigenvalue weighted by atomic mass is 14.3. The predicted molar refractivity (Wildman–Crippen MR) is 532 cm³/mol. The molecule has 0 aliphatic carbocycles. The Hall–Kier alpha value is -14.8. The fraction of sp³-hybridized carbons (Fsp3) is 0.0656. The third-order valence-corrected chi connectivity index (χ3v) is 26.2. The third kappa shape index (κ3) is 12.3. The molecule has 576 valence electrons. The minimum absolute atomic E-state index is 0.513. The van der Waals surface area contributed by atoms with Crippen LogP contribution in [0.5, 0.6) is 0 Å². The van der Waals surface area contributed by atoms with Crippen molar-refractivity contribution in [1.29, 1.82) is 0 Å². The van der Waals surface area contributed by atoms with Crippen molar-refractivity contribution in [3.8, 4) is 66.8 Å². The molecule has 0 atom stereocenters. The number of aryl methyl sites for hydroxylation is 2. The molecule has 0 aliphatic rings. The van der Waals surface area contributed by atoms with Crippen LogP contribution in [0.15, 0.2) is 413 Å². The summed E-state index contributed by atoms with van der Waals surface area (Å²) in [6.45, 7) is 13.3. The van der Waals surface area contributed by atoms with Gasteiger partial charge in [0.25, 0.3) is 0 Å². The molecule has 24 aromatic carbocycles. The summed E-state index contributed by atoms with van der Waals surface area (Å²) >= 11 is 0. The maximum atomic E-state index is 2.46. The van der Waals surface area contributed by atoms with Crippen molar-refractivity contribution >= 4 is 162 Å². The molecule has 0 nitrogen and oxygen atoms in total. The Morgan fingerprint density at radius 3 is 0.459 bits per heavy atom. The fourth-order valence-corrected chi connectivity index (χ4v) is 20.2. The van der Waals surface area contributed by atoms with E-state index in [-0.39, 0.29) is 0 Å². The third-order valence-electron chi connectivity index (χ3n) is 26.2. The van der Waals surface area contributed by atoms with E-state index in [1.807, 2.05) is 0 Å². The Morgan fingerprint density at radius 1 is 0.131 bits per heavy atom. The Balaban J connectivity index is 0.000000110. The van der Waals surface area contributed by atoms with Gasteiger partial charge in [-0.1, -0.05) is 415 Å². The van der Waals surface area contributed by atoms with Gasteiger partial charge in [0.15, 0.2) is 0 Å². The number of benzene rings is 24. The monoisotopic (exact) mass is 1550 g/mol. The standard InChI is InChI=1S/C44H36.C40H28.C38H24/c1-27(2)29-17-21-31(22-18-29)39-25-41-33-11-5-6-12-34(33)42-26-40(32-23-19-30(20-24-32)28(3)4)36-14-8-10-16-38(36)44(42)43(41)37-15-9-7-13-35(37)39;1-25-15-19-27(20-16-25)35-23-37-29-9-3-4-10-30(29)38-24-36(28-21-17-26(2)18-22-28)32-12-6-8-14-34(32)40(38)39(37)33-13-7-5-11-31(33)35;1-3-13-25(14-4-1)33-23-35-27-17-7-8-18-28(27)36-24-34(26-15-5-2-6-16-26)30-20-10-12-22-32(30)38(36)37(35)31-21-11-9-19-29(31)33/h5-28H,1-4H3;3-24H,1-2H3;1-24H. The van der Waals surface area contributed by atoms with Crippen LogP contribution in [0.25, 0.3) is 228 Å². The first-order valence-electron chi connectivity index (χ1n) is 43.2. The van der Waals surface area contributed by atoms with Gasteiger partial charge in [-0.25, -0.2) is 0 Å². The molecule has 0 aliphatic heterocycles. The Kier molecular flexibility index (Phi) is 18.2. The number of hydrogen-bond donors (Lipinski definition) is 0. The maximum Gasteiger partial charge on any atom is -0.00137 e.